The smallest absolute Gasteiger partial charge is 0.234 e. The lowest BCUT2D eigenvalue weighted by Crippen LogP contribution is -2.14. The van der Waals surface area contributed by atoms with Crippen molar-refractivity contribution < 1.29 is 9.18 Å². The SMILES string of the molecule is Cc1nc2ccccc2nc1SCC(=O)Nc1ccc(F)cc1Cl. The fourth-order valence-electron chi connectivity index (χ4n) is 2.12. The van der Waals surface area contributed by atoms with Crippen LogP contribution in [0.5, 0.6) is 0 Å². The van der Waals surface area contributed by atoms with Gasteiger partial charge in [0.2, 0.25) is 5.91 Å². The molecule has 0 radical (unpaired) electrons. The predicted octanol–water partition coefficient (Wildman–Crippen LogP) is 4.46. The number of benzene rings is 2. The monoisotopic (exact) mass is 361 g/mol. The largest absolute Gasteiger partial charge is 0.324 e. The second kappa shape index (κ2) is 7.15. The van der Waals surface area contributed by atoms with E-state index < -0.39 is 5.82 Å². The van der Waals surface area contributed by atoms with Crippen molar-refractivity contribution in [2.75, 3.05) is 11.1 Å². The Kier molecular flexibility index (Phi) is 4.97. The number of rotatable bonds is 4. The first-order valence-corrected chi connectivity index (χ1v) is 8.50. The van der Waals surface area contributed by atoms with Gasteiger partial charge < -0.3 is 5.32 Å². The second-order valence-electron chi connectivity index (χ2n) is 5.06. The van der Waals surface area contributed by atoms with Gasteiger partial charge >= 0.3 is 0 Å². The van der Waals surface area contributed by atoms with Crippen LogP contribution in [-0.4, -0.2) is 21.6 Å². The van der Waals surface area contributed by atoms with Gasteiger partial charge in [0.05, 0.1) is 33.2 Å². The Labute approximate surface area is 147 Å². The lowest BCUT2D eigenvalue weighted by Gasteiger charge is -2.08. The minimum Gasteiger partial charge on any atom is -0.324 e. The first-order chi connectivity index (χ1) is 11.5. The van der Waals surface area contributed by atoms with Crippen molar-refractivity contribution in [1.82, 2.24) is 9.97 Å². The zero-order valence-electron chi connectivity index (χ0n) is 12.7. The molecule has 1 amide bonds. The van der Waals surface area contributed by atoms with Crippen molar-refractivity contribution in [2.24, 2.45) is 0 Å². The molecule has 0 aliphatic carbocycles. The summed E-state index contributed by atoms with van der Waals surface area (Å²) in [4.78, 5) is 21.1. The Morgan fingerprint density at radius 3 is 2.62 bits per heavy atom. The summed E-state index contributed by atoms with van der Waals surface area (Å²) in [6, 6.07) is 11.4. The first kappa shape index (κ1) is 16.7. The molecule has 122 valence electrons. The van der Waals surface area contributed by atoms with Gasteiger partial charge in [0.25, 0.3) is 0 Å². The molecule has 0 aliphatic rings. The number of nitrogens with zero attached hydrogens (tertiary/aromatic N) is 2. The summed E-state index contributed by atoms with van der Waals surface area (Å²) in [6.07, 6.45) is 0. The zero-order chi connectivity index (χ0) is 17.1. The molecule has 0 spiro atoms. The van der Waals surface area contributed by atoms with Crippen LogP contribution in [0.15, 0.2) is 47.5 Å². The van der Waals surface area contributed by atoms with Crippen LogP contribution in [0.25, 0.3) is 11.0 Å². The van der Waals surface area contributed by atoms with Crippen LogP contribution in [0.1, 0.15) is 5.69 Å². The fraction of sp³-hybridized carbons (Fsp3) is 0.118. The number of amides is 1. The molecular formula is C17H13ClFN3OS. The van der Waals surface area contributed by atoms with E-state index in [1.165, 1.54) is 23.9 Å². The average molecular weight is 362 g/mol. The maximum atomic E-state index is 13.0. The molecule has 0 aliphatic heterocycles. The average Bonchev–Trinajstić information content (AvgIpc) is 2.55. The van der Waals surface area contributed by atoms with E-state index >= 15 is 0 Å². The van der Waals surface area contributed by atoms with Gasteiger partial charge in [0.15, 0.2) is 0 Å². The minimum atomic E-state index is -0.450. The molecule has 7 heteroatoms. The van der Waals surface area contributed by atoms with Gasteiger partial charge in [-0.05, 0) is 37.3 Å². The van der Waals surface area contributed by atoms with E-state index in [4.69, 9.17) is 11.6 Å². The number of carbonyl (C=O) groups is 1. The van der Waals surface area contributed by atoms with Crippen molar-refractivity contribution in [1.29, 1.82) is 0 Å². The number of fused-ring (bicyclic) bond motifs is 1. The molecule has 0 saturated carbocycles. The van der Waals surface area contributed by atoms with Crippen LogP contribution in [0.2, 0.25) is 5.02 Å². The third-order valence-electron chi connectivity index (χ3n) is 3.25. The number of aryl methyl sites for hydroxylation is 1. The molecule has 1 heterocycles. The topological polar surface area (TPSA) is 54.9 Å². The molecule has 0 fully saturated rings. The third-order valence-corrected chi connectivity index (χ3v) is 4.63. The van der Waals surface area contributed by atoms with Gasteiger partial charge in [-0.2, -0.15) is 0 Å². The van der Waals surface area contributed by atoms with Crippen molar-refractivity contribution >= 4 is 46.0 Å². The number of halogens is 2. The highest BCUT2D eigenvalue weighted by Gasteiger charge is 2.11. The van der Waals surface area contributed by atoms with E-state index in [-0.39, 0.29) is 16.7 Å². The highest BCUT2D eigenvalue weighted by atomic mass is 35.5. The second-order valence-corrected chi connectivity index (χ2v) is 6.44. The highest BCUT2D eigenvalue weighted by Crippen LogP contribution is 2.24. The van der Waals surface area contributed by atoms with Crippen LogP contribution in [-0.2, 0) is 4.79 Å². The first-order valence-electron chi connectivity index (χ1n) is 7.14. The summed E-state index contributed by atoms with van der Waals surface area (Å²) in [5.41, 5.74) is 2.76. The summed E-state index contributed by atoms with van der Waals surface area (Å²) in [5.74, 6) is -0.543. The van der Waals surface area contributed by atoms with Crippen LogP contribution in [0.4, 0.5) is 10.1 Å². The summed E-state index contributed by atoms with van der Waals surface area (Å²) in [7, 11) is 0. The summed E-state index contributed by atoms with van der Waals surface area (Å²) >= 11 is 7.19. The van der Waals surface area contributed by atoms with Crippen LogP contribution < -0.4 is 5.32 Å². The molecule has 3 rings (SSSR count). The normalized spacial score (nSPS) is 10.8. The number of hydrogen-bond acceptors (Lipinski definition) is 4. The minimum absolute atomic E-state index is 0.154. The van der Waals surface area contributed by atoms with Crippen LogP contribution >= 0.6 is 23.4 Å². The quantitative estimate of drug-likeness (QED) is 0.697. The molecule has 1 N–H and O–H groups in total. The molecule has 0 saturated heterocycles. The number of aromatic nitrogens is 2. The lowest BCUT2D eigenvalue weighted by atomic mass is 10.3. The summed E-state index contributed by atoms with van der Waals surface area (Å²) in [6.45, 7) is 1.86. The summed E-state index contributed by atoms with van der Waals surface area (Å²) < 4.78 is 13.0. The van der Waals surface area contributed by atoms with E-state index in [0.29, 0.717) is 10.7 Å². The van der Waals surface area contributed by atoms with Crippen molar-refractivity contribution in [3.63, 3.8) is 0 Å². The van der Waals surface area contributed by atoms with E-state index in [1.54, 1.807) is 0 Å². The van der Waals surface area contributed by atoms with Gasteiger partial charge in [0.1, 0.15) is 10.8 Å². The van der Waals surface area contributed by atoms with Crippen molar-refractivity contribution in [2.45, 2.75) is 11.9 Å². The van der Waals surface area contributed by atoms with Gasteiger partial charge in [-0.1, -0.05) is 35.5 Å². The lowest BCUT2D eigenvalue weighted by molar-refractivity contribution is -0.113. The number of hydrogen-bond donors (Lipinski definition) is 1. The number of anilines is 1. The molecule has 4 nitrogen and oxygen atoms in total. The molecule has 0 atom stereocenters. The van der Waals surface area contributed by atoms with Crippen LogP contribution in [0, 0.1) is 12.7 Å². The van der Waals surface area contributed by atoms with E-state index in [1.807, 2.05) is 31.2 Å². The molecule has 0 unspecified atom stereocenters. The Hall–Kier alpha value is -2.18. The van der Waals surface area contributed by atoms with Crippen molar-refractivity contribution in [3.05, 3.63) is 59.0 Å². The predicted molar refractivity (Wildman–Crippen MR) is 95.0 cm³/mol. The maximum absolute atomic E-state index is 13.0. The number of thioether (sulfide) groups is 1. The van der Waals surface area contributed by atoms with E-state index in [0.717, 1.165) is 22.8 Å². The Morgan fingerprint density at radius 1 is 1.21 bits per heavy atom. The standard InChI is InChI=1S/C17H13ClFN3OS/c1-10-17(22-15-5-3-2-4-14(15)20-10)24-9-16(23)21-13-7-6-11(19)8-12(13)18/h2-8H,9H2,1H3,(H,21,23). The van der Waals surface area contributed by atoms with Gasteiger partial charge in [-0.25, -0.2) is 14.4 Å². The molecule has 0 bridgehead atoms. The molecule has 1 aromatic heterocycles. The van der Waals surface area contributed by atoms with E-state index in [9.17, 15) is 9.18 Å². The number of para-hydroxylation sites is 2. The maximum Gasteiger partial charge on any atom is 0.234 e. The number of nitrogens with one attached hydrogen (secondary N) is 1. The summed E-state index contributed by atoms with van der Waals surface area (Å²) in [5, 5.41) is 3.52. The Bertz CT molecular complexity index is 919. The zero-order valence-corrected chi connectivity index (χ0v) is 14.3. The molecule has 24 heavy (non-hydrogen) atoms. The molecule has 3 aromatic rings. The van der Waals surface area contributed by atoms with Gasteiger partial charge in [-0.15, -0.1) is 0 Å². The number of carbonyl (C=O) groups excluding carboxylic acids is 1. The van der Waals surface area contributed by atoms with Gasteiger partial charge in [-0.3, -0.25) is 4.79 Å². The van der Waals surface area contributed by atoms with E-state index in [2.05, 4.69) is 15.3 Å². The highest BCUT2D eigenvalue weighted by molar-refractivity contribution is 8.00. The molecular weight excluding hydrogens is 349 g/mol. The Balaban J connectivity index is 1.69. The fourth-order valence-corrected chi connectivity index (χ4v) is 3.09. The Morgan fingerprint density at radius 2 is 1.92 bits per heavy atom. The third kappa shape index (κ3) is 3.83. The van der Waals surface area contributed by atoms with Gasteiger partial charge in [0, 0.05) is 0 Å². The van der Waals surface area contributed by atoms with Crippen LogP contribution in [0.3, 0.4) is 0 Å². The van der Waals surface area contributed by atoms with Crippen molar-refractivity contribution in [3.8, 4) is 0 Å². The molecule has 2 aromatic carbocycles.